The van der Waals surface area contributed by atoms with Crippen LogP contribution in [0.3, 0.4) is 0 Å². The van der Waals surface area contributed by atoms with Gasteiger partial charge in [-0.25, -0.2) is 0 Å². The molecule has 14 nitrogen and oxygen atoms in total. The first-order valence-corrected chi connectivity index (χ1v) is 24.8. The molecule has 0 bridgehead atoms. The SMILES string of the molecule is C1CN=C2NCCCN2C1.Cc1ccc(N=C=Nc2ccc(C)cc2)cc1.Cc1ccc(NC2=NCCCN2CCCN)cc1.Cc1ccc([NH-])cc1.Cc1ccc([NH-])cc1.NCCCNCCCN. The second-order valence-electron chi connectivity index (χ2n) is 17.3. The van der Waals surface area contributed by atoms with E-state index in [2.05, 4.69) is 82.9 Å². The number of nitrogens with zero attached hydrogens (tertiary/aromatic N) is 6. The predicted octanol–water partition coefficient (Wildman–Crippen LogP) is 10.9. The summed E-state index contributed by atoms with van der Waals surface area (Å²) in [6, 6.07) is 41.9. The molecule has 1 saturated heterocycles. The van der Waals surface area contributed by atoms with Gasteiger partial charge in [-0.15, -0.1) is 11.4 Å². The van der Waals surface area contributed by atoms with Crippen LogP contribution in [0.4, 0.5) is 28.4 Å². The van der Waals surface area contributed by atoms with Crippen LogP contribution in [0.1, 0.15) is 66.3 Å². The minimum atomic E-state index is 0.579. The molecule has 70 heavy (non-hydrogen) atoms. The van der Waals surface area contributed by atoms with Gasteiger partial charge in [-0.05, 0) is 142 Å². The highest BCUT2D eigenvalue weighted by Crippen LogP contribution is 2.15. The van der Waals surface area contributed by atoms with Gasteiger partial charge >= 0.3 is 0 Å². The normalized spacial score (nSPS) is 13.2. The Hall–Kier alpha value is -6.54. The maximum atomic E-state index is 7.09. The van der Waals surface area contributed by atoms with Crippen molar-refractivity contribution in [1.82, 2.24) is 20.4 Å². The molecule has 0 aromatic heterocycles. The van der Waals surface area contributed by atoms with E-state index in [-0.39, 0.29) is 0 Å². The molecule has 11 N–H and O–H groups in total. The van der Waals surface area contributed by atoms with Crippen LogP contribution in [0, 0.1) is 34.6 Å². The Bertz CT molecular complexity index is 2090. The van der Waals surface area contributed by atoms with Crippen LogP contribution in [0.15, 0.2) is 141 Å². The Morgan fingerprint density at radius 3 is 1.44 bits per heavy atom. The summed E-state index contributed by atoms with van der Waals surface area (Å²) in [7, 11) is 0. The Morgan fingerprint density at radius 1 is 0.557 bits per heavy atom. The van der Waals surface area contributed by atoms with Gasteiger partial charge in [0.2, 0.25) is 0 Å². The lowest BCUT2D eigenvalue weighted by Crippen LogP contribution is -2.49. The zero-order valence-electron chi connectivity index (χ0n) is 42.7. The molecule has 378 valence electrons. The van der Waals surface area contributed by atoms with Crippen molar-refractivity contribution in [2.45, 2.75) is 73.1 Å². The van der Waals surface area contributed by atoms with Crippen LogP contribution in [-0.4, -0.2) is 106 Å². The molecular formula is C56H82N14-2. The lowest BCUT2D eigenvalue weighted by atomic mass is 10.2. The number of hydrogen-bond acceptors (Lipinski definition) is 12. The topological polar surface area (TPSA) is 218 Å². The summed E-state index contributed by atoms with van der Waals surface area (Å²) < 4.78 is 0. The highest BCUT2D eigenvalue weighted by molar-refractivity contribution is 5.94. The van der Waals surface area contributed by atoms with Crippen molar-refractivity contribution in [3.05, 3.63) is 161 Å². The van der Waals surface area contributed by atoms with Crippen LogP contribution in [0.2, 0.25) is 0 Å². The van der Waals surface area contributed by atoms with Gasteiger partial charge in [0, 0.05) is 51.5 Å². The highest BCUT2D eigenvalue weighted by Gasteiger charge is 2.17. The number of nitrogens with two attached hydrogens (primary N) is 3. The second kappa shape index (κ2) is 35.6. The number of aliphatic imine (C=N–C) groups is 4. The minimum Gasteiger partial charge on any atom is -0.699 e. The maximum Gasteiger partial charge on any atom is 0.198 e. The highest BCUT2D eigenvalue weighted by atomic mass is 15.3. The largest absolute Gasteiger partial charge is 0.699 e. The van der Waals surface area contributed by atoms with E-state index in [1.165, 1.54) is 53.7 Å². The molecule has 1 fully saturated rings. The van der Waals surface area contributed by atoms with Gasteiger partial charge in [0.1, 0.15) is 6.01 Å². The molecule has 0 aliphatic carbocycles. The van der Waals surface area contributed by atoms with Crippen molar-refractivity contribution in [3.8, 4) is 0 Å². The van der Waals surface area contributed by atoms with Gasteiger partial charge in [-0.3, -0.25) is 9.98 Å². The summed E-state index contributed by atoms with van der Waals surface area (Å²) in [5, 5.41) is 9.93. The fourth-order valence-electron chi connectivity index (χ4n) is 6.61. The zero-order chi connectivity index (χ0) is 50.6. The Morgan fingerprint density at radius 2 is 0.986 bits per heavy atom. The molecule has 8 rings (SSSR count). The summed E-state index contributed by atoms with van der Waals surface area (Å²) in [5.74, 6) is 2.12. The van der Waals surface area contributed by atoms with Crippen LogP contribution in [0.25, 0.3) is 11.5 Å². The van der Waals surface area contributed by atoms with Crippen molar-refractivity contribution in [3.63, 3.8) is 0 Å². The van der Waals surface area contributed by atoms with Crippen LogP contribution >= 0.6 is 0 Å². The number of aryl methyl sites for hydroxylation is 5. The van der Waals surface area contributed by atoms with Gasteiger partial charge in [-0.2, -0.15) is 9.98 Å². The first-order valence-electron chi connectivity index (χ1n) is 24.8. The van der Waals surface area contributed by atoms with E-state index >= 15 is 0 Å². The summed E-state index contributed by atoms with van der Waals surface area (Å²) in [5.41, 5.74) is 40.4. The number of anilines is 1. The molecule has 5 aromatic rings. The van der Waals surface area contributed by atoms with E-state index in [0.29, 0.717) is 11.4 Å². The Labute approximate surface area is 420 Å². The van der Waals surface area contributed by atoms with Gasteiger partial charge in [-0.1, -0.05) is 113 Å². The molecular weight excluding hydrogens is 869 g/mol. The summed E-state index contributed by atoms with van der Waals surface area (Å²) >= 11 is 0. The van der Waals surface area contributed by atoms with E-state index in [4.69, 9.17) is 28.7 Å². The molecule has 14 heteroatoms. The van der Waals surface area contributed by atoms with Gasteiger partial charge in [0.15, 0.2) is 11.9 Å². The Kier molecular flexibility index (Phi) is 29.3. The minimum absolute atomic E-state index is 0.579. The number of fused-ring (bicyclic) bond motifs is 1. The fourth-order valence-corrected chi connectivity index (χ4v) is 6.61. The van der Waals surface area contributed by atoms with E-state index in [1.54, 1.807) is 24.3 Å². The zero-order valence-corrected chi connectivity index (χ0v) is 42.7. The van der Waals surface area contributed by atoms with Crippen molar-refractivity contribution in [2.24, 2.45) is 37.2 Å². The number of hydrogen-bond donors (Lipinski definition) is 6. The third-order valence-electron chi connectivity index (χ3n) is 10.8. The molecule has 0 amide bonds. The van der Waals surface area contributed by atoms with Crippen LogP contribution in [0.5, 0.6) is 0 Å². The first-order chi connectivity index (χ1) is 34.0. The fraction of sp³-hybridized carbons (Fsp3) is 0.411. The molecule has 3 aliphatic heterocycles. The lowest BCUT2D eigenvalue weighted by Gasteiger charge is -2.33. The van der Waals surface area contributed by atoms with E-state index in [9.17, 15) is 0 Å². The number of guanidine groups is 2. The predicted molar refractivity (Wildman–Crippen MR) is 300 cm³/mol. The molecule has 0 atom stereocenters. The quantitative estimate of drug-likeness (QED) is 0.0521. The van der Waals surface area contributed by atoms with Gasteiger partial charge in [0.25, 0.3) is 0 Å². The maximum absolute atomic E-state index is 7.09. The molecule has 3 heterocycles. The average molecular weight is 951 g/mol. The molecule has 0 radical (unpaired) electrons. The molecule has 5 aromatic carbocycles. The van der Waals surface area contributed by atoms with Crippen molar-refractivity contribution < 1.29 is 0 Å². The van der Waals surface area contributed by atoms with E-state index < -0.39 is 0 Å². The van der Waals surface area contributed by atoms with Gasteiger partial charge < -0.3 is 54.4 Å². The number of rotatable bonds is 12. The monoisotopic (exact) mass is 951 g/mol. The number of benzene rings is 5. The third-order valence-corrected chi connectivity index (χ3v) is 10.8. The summed E-state index contributed by atoms with van der Waals surface area (Å²) in [4.78, 5) is 21.9. The Balaban J connectivity index is 0.000000230. The third kappa shape index (κ3) is 26.3. The number of nitrogens with one attached hydrogen (secondary N) is 5. The molecule has 0 unspecified atom stereocenters. The second-order valence-corrected chi connectivity index (χ2v) is 17.3. The van der Waals surface area contributed by atoms with E-state index in [1.807, 2.05) is 100 Å². The smallest absolute Gasteiger partial charge is 0.198 e. The molecule has 0 saturated carbocycles. The van der Waals surface area contributed by atoms with Crippen molar-refractivity contribution in [2.75, 3.05) is 83.9 Å². The van der Waals surface area contributed by atoms with Crippen molar-refractivity contribution >= 4 is 46.4 Å². The summed E-state index contributed by atoms with van der Waals surface area (Å²) in [6.07, 6.45) is 6.75. The van der Waals surface area contributed by atoms with Crippen LogP contribution < -0.4 is 33.2 Å². The van der Waals surface area contributed by atoms with Crippen molar-refractivity contribution in [1.29, 1.82) is 0 Å². The summed E-state index contributed by atoms with van der Waals surface area (Å²) in [6.45, 7) is 22.0. The van der Waals surface area contributed by atoms with Gasteiger partial charge in [0.05, 0.1) is 11.4 Å². The lowest BCUT2D eigenvalue weighted by molar-refractivity contribution is 0.346. The molecule has 3 aliphatic rings. The molecule has 0 spiro atoms. The van der Waals surface area contributed by atoms with Crippen LogP contribution in [-0.2, 0) is 0 Å². The average Bonchev–Trinajstić information content (AvgIpc) is 3.38. The van der Waals surface area contributed by atoms with E-state index in [0.717, 1.165) is 120 Å². The first kappa shape index (κ1) is 57.8. The standard InChI is InChI=1S/C15H14N2.C14H22N4.C7H13N3.2C7H8N.C6H17N3/c1-12-3-7-14(8-4-12)16-11-17-15-9-5-13(2)6-10-15;1-12-4-6-13(7-5-12)17-14-16-9-3-11-18(14)10-2-8-15;1-3-8-7-9-4-2-6-10(7)5-1;2*1-6-2-4-7(8)5-3-6;7-3-1-5-9-6-2-4-8/h3-10H,1-2H3;4-7H,2-3,8-11,15H2,1H3,(H,16,17);1-6H2,(H,8,9);2*2-5,8H,1H3;9H,1-8H2/q;;;2*-1;.